The summed E-state index contributed by atoms with van der Waals surface area (Å²) in [5.41, 5.74) is 5.96. The predicted octanol–water partition coefficient (Wildman–Crippen LogP) is 2.83. The van der Waals surface area contributed by atoms with E-state index < -0.39 is 23.8 Å². The molecule has 0 aliphatic rings. The van der Waals surface area contributed by atoms with Crippen LogP contribution in [0.25, 0.3) is 5.69 Å². The summed E-state index contributed by atoms with van der Waals surface area (Å²) < 4.78 is 41.0. The van der Waals surface area contributed by atoms with Crippen molar-refractivity contribution in [1.29, 1.82) is 0 Å². The highest BCUT2D eigenvalue weighted by molar-refractivity contribution is 5.93. The van der Waals surface area contributed by atoms with Crippen molar-refractivity contribution in [2.45, 2.75) is 32.1 Å². The summed E-state index contributed by atoms with van der Waals surface area (Å²) in [6.07, 6.45) is -4.19. The lowest BCUT2D eigenvalue weighted by molar-refractivity contribution is -0.141. The van der Waals surface area contributed by atoms with Crippen LogP contribution in [0, 0.1) is 0 Å². The molecule has 3 rings (SSSR count). The lowest BCUT2D eigenvalue weighted by Crippen LogP contribution is -2.37. The minimum Gasteiger partial charge on any atom is -0.351 e. The Balaban J connectivity index is 1.82. The quantitative estimate of drug-likeness (QED) is 0.482. The summed E-state index contributed by atoms with van der Waals surface area (Å²) in [4.78, 5) is 24.4. The van der Waals surface area contributed by atoms with E-state index in [1.54, 1.807) is 18.2 Å². The first kappa shape index (κ1) is 24.0. The molecule has 0 aliphatic carbocycles. The number of hydrogen-bond acceptors (Lipinski definition) is 4. The molecular formula is C23H24F3N5O2. The lowest BCUT2D eigenvalue weighted by Gasteiger charge is -2.11. The molecule has 2 amide bonds. The van der Waals surface area contributed by atoms with E-state index in [1.165, 1.54) is 13.0 Å². The van der Waals surface area contributed by atoms with Crippen LogP contribution >= 0.6 is 0 Å². The second-order valence-electron chi connectivity index (χ2n) is 7.49. The van der Waals surface area contributed by atoms with Gasteiger partial charge >= 0.3 is 6.18 Å². The first-order valence-electron chi connectivity index (χ1n) is 10.3. The van der Waals surface area contributed by atoms with Gasteiger partial charge in [0.2, 0.25) is 5.91 Å². The number of rotatable bonds is 8. The van der Waals surface area contributed by atoms with Gasteiger partial charge in [-0.1, -0.05) is 42.5 Å². The molecule has 10 heteroatoms. The molecule has 0 spiro atoms. The Morgan fingerprint density at radius 2 is 1.73 bits per heavy atom. The van der Waals surface area contributed by atoms with Crippen LogP contribution in [-0.4, -0.2) is 34.2 Å². The van der Waals surface area contributed by atoms with E-state index in [1.807, 2.05) is 30.3 Å². The van der Waals surface area contributed by atoms with Gasteiger partial charge < -0.3 is 16.4 Å². The zero-order valence-electron chi connectivity index (χ0n) is 17.9. The van der Waals surface area contributed by atoms with Crippen LogP contribution < -0.4 is 16.4 Å². The fourth-order valence-corrected chi connectivity index (χ4v) is 3.08. The third kappa shape index (κ3) is 6.42. The molecule has 0 unspecified atom stereocenters. The second-order valence-corrected chi connectivity index (χ2v) is 7.49. The molecule has 0 fully saturated rings. The zero-order chi connectivity index (χ0) is 24.0. The highest BCUT2D eigenvalue weighted by Crippen LogP contribution is 2.29. The molecule has 0 saturated carbocycles. The molecule has 174 valence electrons. The number of carbonyl (C=O) groups excluding carboxylic acids is 2. The van der Waals surface area contributed by atoms with E-state index in [4.69, 9.17) is 5.73 Å². The van der Waals surface area contributed by atoms with Gasteiger partial charge in [0.1, 0.15) is 5.69 Å². The fourth-order valence-electron chi connectivity index (χ4n) is 3.08. The Morgan fingerprint density at radius 1 is 1.03 bits per heavy atom. The maximum Gasteiger partial charge on any atom is 0.435 e. The van der Waals surface area contributed by atoms with E-state index in [9.17, 15) is 22.8 Å². The second kappa shape index (κ2) is 10.3. The molecule has 2 aromatic carbocycles. The zero-order valence-corrected chi connectivity index (χ0v) is 17.9. The molecule has 3 aromatic rings. The van der Waals surface area contributed by atoms with Gasteiger partial charge in [-0.05, 0) is 36.6 Å². The molecule has 1 atom stereocenters. The average Bonchev–Trinajstić information content (AvgIpc) is 3.24. The predicted molar refractivity (Wildman–Crippen MR) is 117 cm³/mol. The van der Waals surface area contributed by atoms with Crippen molar-refractivity contribution in [1.82, 2.24) is 20.4 Å². The molecule has 33 heavy (non-hydrogen) atoms. The van der Waals surface area contributed by atoms with Gasteiger partial charge in [-0.25, -0.2) is 4.68 Å². The van der Waals surface area contributed by atoms with Crippen molar-refractivity contribution in [3.05, 3.63) is 83.2 Å². The van der Waals surface area contributed by atoms with Gasteiger partial charge in [0.25, 0.3) is 5.91 Å². The number of nitrogens with two attached hydrogens (primary N) is 1. The van der Waals surface area contributed by atoms with Crippen LogP contribution in [0.4, 0.5) is 13.2 Å². The summed E-state index contributed by atoms with van der Waals surface area (Å²) in [7, 11) is 0. The number of halogens is 3. The maximum atomic E-state index is 13.3. The van der Waals surface area contributed by atoms with Crippen molar-refractivity contribution in [2.24, 2.45) is 5.73 Å². The highest BCUT2D eigenvalue weighted by atomic mass is 19.4. The molecule has 4 N–H and O–H groups in total. The van der Waals surface area contributed by atoms with Crippen molar-refractivity contribution in [2.75, 3.05) is 6.54 Å². The minimum absolute atomic E-state index is 0.125. The summed E-state index contributed by atoms with van der Waals surface area (Å²) >= 11 is 0. The van der Waals surface area contributed by atoms with Gasteiger partial charge in [0.05, 0.1) is 11.7 Å². The number of aromatic nitrogens is 2. The van der Waals surface area contributed by atoms with Gasteiger partial charge in [0, 0.05) is 19.2 Å². The number of benzene rings is 2. The van der Waals surface area contributed by atoms with Gasteiger partial charge in [-0.3, -0.25) is 9.59 Å². The standard InChI is InChI=1S/C23H24F3N5O2/c1-15(27)21(32)29-14-17-8-5-9-18(12-17)31-19(13-20(30-31)23(24,25)26)22(33)28-11-10-16-6-3-2-4-7-16/h2-9,12-13,15H,10-11,14,27H2,1H3,(H,28,33)(H,29,32)/t15-/m0/s1. The Hall–Kier alpha value is -3.66. The molecule has 0 aliphatic heterocycles. The van der Waals surface area contributed by atoms with Gasteiger partial charge in [-0.15, -0.1) is 0 Å². The monoisotopic (exact) mass is 459 g/mol. The number of amides is 2. The first-order chi connectivity index (χ1) is 15.6. The van der Waals surface area contributed by atoms with Gasteiger partial charge in [0.15, 0.2) is 5.69 Å². The number of alkyl halides is 3. The van der Waals surface area contributed by atoms with Crippen molar-refractivity contribution in [3.63, 3.8) is 0 Å². The molecule has 0 radical (unpaired) electrons. The van der Waals surface area contributed by atoms with Crippen molar-refractivity contribution >= 4 is 11.8 Å². The van der Waals surface area contributed by atoms with Crippen LogP contribution in [0.2, 0.25) is 0 Å². The van der Waals surface area contributed by atoms with Crippen LogP contribution in [0.5, 0.6) is 0 Å². The molecule has 7 nitrogen and oxygen atoms in total. The van der Waals surface area contributed by atoms with Crippen molar-refractivity contribution in [3.8, 4) is 5.69 Å². The first-order valence-corrected chi connectivity index (χ1v) is 10.3. The van der Waals surface area contributed by atoms with Crippen LogP contribution in [-0.2, 0) is 23.9 Å². The van der Waals surface area contributed by atoms with E-state index in [0.29, 0.717) is 12.0 Å². The Kier molecular flexibility index (Phi) is 7.49. The van der Waals surface area contributed by atoms with E-state index in [2.05, 4.69) is 15.7 Å². The van der Waals surface area contributed by atoms with E-state index >= 15 is 0 Å². The van der Waals surface area contributed by atoms with E-state index in [-0.39, 0.29) is 30.4 Å². The highest BCUT2D eigenvalue weighted by Gasteiger charge is 2.36. The number of nitrogens with one attached hydrogen (secondary N) is 2. The maximum absolute atomic E-state index is 13.3. The molecule has 1 heterocycles. The minimum atomic E-state index is -4.72. The topological polar surface area (TPSA) is 102 Å². The Labute approximate surface area is 188 Å². The third-order valence-electron chi connectivity index (χ3n) is 4.81. The molecule has 0 saturated heterocycles. The fraction of sp³-hybridized carbons (Fsp3) is 0.261. The van der Waals surface area contributed by atoms with Gasteiger partial charge in [-0.2, -0.15) is 18.3 Å². The Morgan fingerprint density at radius 3 is 2.39 bits per heavy atom. The van der Waals surface area contributed by atoms with E-state index in [0.717, 1.165) is 16.3 Å². The largest absolute Gasteiger partial charge is 0.435 e. The SMILES string of the molecule is C[C@H](N)C(=O)NCc1cccc(-n2nc(C(F)(F)F)cc2C(=O)NCCc2ccccc2)c1. The normalized spacial score (nSPS) is 12.3. The molecular weight excluding hydrogens is 435 g/mol. The summed E-state index contributed by atoms with van der Waals surface area (Å²) in [5.74, 6) is -1.04. The van der Waals surface area contributed by atoms with Crippen LogP contribution in [0.1, 0.15) is 34.2 Å². The summed E-state index contributed by atoms with van der Waals surface area (Å²) in [6, 6.07) is 15.8. The summed E-state index contributed by atoms with van der Waals surface area (Å²) in [6.45, 7) is 1.91. The molecule has 1 aromatic heterocycles. The van der Waals surface area contributed by atoms with Crippen LogP contribution in [0.3, 0.4) is 0 Å². The molecule has 0 bridgehead atoms. The Bertz CT molecular complexity index is 1110. The lowest BCUT2D eigenvalue weighted by atomic mass is 10.1. The average molecular weight is 459 g/mol. The number of carbonyl (C=O) groups is 2. The smallest absolute Gasteiger partial charge is 0.351 e. The number of nitrogens with zero attached hydrogens (tertiary/aromatic N) is 2. The number of hydrogen-bond donors (Lipinski definition) is 3. The van der Waals surface area contributed by atoms with Crippen molar-refractivity contribution < 1.29 is 22.8 Å². The summed E-state index contributed by atoms with van der Waals surface area (Å²) in [5, 5.41) is 8.91. The van der Waals surface area contributed by atoms with Crippen LogP contribution in [0.15, 0.2) is 60.7 Å². The third-order valence-corrected chi connectivity index (χ3v) is 4.81.